The van der Waals surface area contributed by atoms with E-state index >= 15 is 0 Å². The zero-order chi connectivity index (χ0) is 11.8. The summed E-state index contributed by atoms with van der Waals surface area (Å²) in [5.41, 5.74) is 0.637. The van der Waals surface area contributed by atoms with Gasteiger partial charge >= 0.3 is 6.36 Å². The van der Waals surface area contributed by atoms with Crippen molar-refractivity contribution in [2.75, 3.05) is 6.54 Å². The van der Waals surface area contributed by atoms with Crippen molar-refractivity contribution >= 4 is 12.4 Å². The van der Waals surface area contributed by atoms with Crippen LogP contribution in [0.15, 0.2) is 18.2 Å². The van der Waals surface area contributed by atoms with Crippen LogP contribution in [0.3, 0.4) is 0 Å². The Hall–Kier alpha value is -1.01. The van der Waals surface area contributed by atoms with Gasteiger partial charge in [0.15, 0.2) is 11.6 Å². The minimum Gasteiger partial charge on any atom is -0.403 e. The molecule has 1 atom stereocenters. The predicted octanol–water partition coefficient (Wildman–Crippen LogP) is 3.18. The van der Waals surface area contributed by atoms with Crippen molar-refractivity contribution in [1.29, 1.82) is 0 Å². The van der Waals surface area contributed by atoms with E-state index in [1.807, 2.05) is 0 Å². The molecule has 0 aromatic heterocycles. The van der Waals surface area contributed by atoms with E-state index in [0.717, 1.165) is 25.1 Å². The monoisotopic (exact) mass is 271 g/mol. The van der Waals surface area contributed by atoms with Crippen LogP contribution in [-0.2, 0) is 0 Å². The standard InChI is InChI=1S/C10H9F4NO.ClH/c11-7-5-6(8-3-4-15-8)1-2-9(7)16-10(12,13)14;/h1-2,5,8,15H,3-4H2;1H/t8-;/m1./s1. The molecule has 1 aliphatic heterocycles. The van der Waals surface area contributed by atoms with Crippen LogP contribution in [0.4, 0.5) is 17.6 Å². The summed E-state index contributed by atoms with van der Waals surface area (Å²) in [5, 5.41) is 3.03. The van der Waals surface area contributed by atoms with Gasteiger partial charge in [0.2, 0.25) is 0 Å². The fourth-order valence-corrected chi connectivity index (χ4v) is 1.51. The number of halogens is 5. The highest BCUT2D eigenvalue weighted by Crippen LogP contribution is 2.30. The Balaban J connectivity index is 0.00000144. The zero-order valence-corrected chi connectivity index (χ0v) is 9.37. The molecule has 1 N–H and O–H groups in total. The maximum Gasteiger partial charge on any atom is 0.573 e. The minimum atomic E-state index is -4.86. The summed E-state index contributed by atoms with van der Waals surface area (Å²) in [5.74, 6) is -1.79. The predicted molar refractivity (Wildman–Crippen MR) is 55.7 cm³/mol. The van der Waals surface area contributed by atoms with Gasteiger partial charge in [-0.1, -0.05) is 6.07 Å². The molecule has 1 aromatic rings. The summed E-state index contributed by atoms with van der Waals surface area (Å²) in [7, 11) is 0. The Kier molecular flexibility index (Phi) is 4.21. The average Bonchev–Trinajstić information content (AvgIpc) is 2.04. The number of benzene rings is 1. The van der Waals surface area contributed by atoms with Crippen molar-refractivity contribution in [3.63, 3.8) is 0 Å². The third-order valence-electron chi connectivity index (χ3n) is 2.41. The number of rotatable bonds is 2. The number of nitrogens with one attached hydrogen (secondary N) is 1. The molecular weight excluding hydrogens is 262 g/mol. The van der Waals surface area contributed by atoms with Crippen LogP contribution in [0, 0.1) is 5.82 Å². The average molecular weight is 272 g/mol. The van der Waals surface area contributed by atoms with E-state index < -0.39 is 17.9 Å². The van der Waals surface area contributed by atoms with E-state index in [4.69, 9.17) is 0 Å². The molecule has 0 amide bonds. The Bertz CT molecular complexity index is 392. The minimum absolute atomic E-state index is 0. The Morgan fingerprint density at radius 1 is 1.29 bits per heavy atom. The summed E-state index contributed by atoms with van der Waals surface area (Å²) in [6.07, 6.45) is -4.00. The van der Waals surface area contributed by atoms with Gasteiger partial charge in [-0.25, -0.2) is 4.39 Å². The molecule has 0 aliphatic carbocycles. The molecule has 7 heteroatoms. The van der Waals surface area contributed by atoms with Gasteiger partial charge in [0.1, 0.15) is 0 Å². The van der Waals surface area contributed by atoms with Crippen LogP contribution in [-0.4, -0.2) is 12.9 Å². The van der Waals surface area contributed by atoms with E-state index in [1.165, 1.54) is 6.07 Å². The van der Waals surface area contributed by atoms with Crippen LogP contribution < -0.4 is 10.1 Å². The Labute approximate surface area is 101 Å². The first-order chi connectivity index (χ1) is 7.46. The molecular formula is C10H10ClF4NO. The first-order valence-electron chi connectivity index (χ1n) is 4.74. The van der Waals surface area contributed by atoms with Gasteiger partial charge in [-0.2, -0.15) is 0 Å². The second kappa shape index (κ2) is 5.10. The van der Waals surface area contributed by atoms with Crippen molar-refractivity contribution in [3.8, 4) is 5.75 Å². The molecule has 96 valence electrons. The van der Waals surface area contributed by atoms with Crippen molar-refractivity contribution in [1.82, 2.24) is 5.32 Å². The van der Waals surface area contributed by atoms with Gasteiger partial charge in [-0.05, 0) is 30.7 Å². The lowest BCUT2D eigenvalue weighted by Gasteiger charge is -2.28. The second-order valence-corrected chi connectivity index (χ2v) is 3.53. The topological polar surface area (TPSA) is 21.3 Å². The molecule has 0 unspecified atom stereocenters. The van der Waals surface area contributed by atoms with E-state index in [2.05, 4.69) is 10.1 Å². The molecule has 1 fully saturated rings. The first kappa shape index (κ1) is 14.1. The van der Waals surface area contributed by atoms with Crippen LogP contribution in [0.2, 0.25) is 0 Å². The quantitative estimate of drug-likeness (QED) is 0.834. The number of hydrogen-bond acceptors (Lipinski definition) is 2. The second-order valence-electron chi connectivity index (χ2n) is 3.53. The summed E-state index contributed by atoms with van der Waals surface area (Å²) < 4.78 is 52.3. The van der Waals surface area contributed by atoms with Gasteiger partial charge in [-0.3, -0.25) is 0 Å². The highest BCUT2D eigenvalue weighted by molar-refractivity contribution is 5.85. The molecule has 2 nitrogen and oxygen atoms in total. The van der Waals surface area contributed by atoms with Crippen LogP contribution in [0.25, 0.3) is 0 Å². The molecule has 1 heterocycles. The molecule has 1 aliphatic rings. The van der Waals surface area contributed by atoms with Crippen LogP contribution in [0.1, 0.15) is 18.0 Å². The van der Waals surface area contributed by atoms with Gasteiger partial charge in [0.05, 0.1) is 0 Å². The van der Waals surface area contributed by atoms with Crippen molar-refractivity contribution < 1.29 is 22.3 Å². The molecule has 1 saturated heterocycles. The Morgan fingerprint density at radius 3 is 2.35 bits per heavy atom. The van der Waals surface area contributed by atoms with E-state index in [9.17, 15) is 17.6 Å². The lowest BCUT2D eigenvalue weighted by Crippen LogP contribution is -2.34. The molecule has 0 saturated carbocycles. The molecule has 17 heavy (non-hydrogen) atoms. The van der Waals surface area contributed by atoms with E-state index in [-0.39, 0.29) is 18.4 Å². The summed E-state index contributed by atoms with van der Waals surface area (Å²) in [6.45, 7) is 0.840. The summed E-state index contributed by atoms with van der Waals surface area (Å²) in [4.78, 5) is 0. The fraction of sp³-hybridized carbons (Fsp3) is 0.400. The largest absolute Gasteiger partial charge is 0.573 e. The van der Waals surface area contributed by atoms with Crippen LogP contribution in [0.5, 0.6) is 5.75 Å². The third-order valence-corrected chi connectivity index (χ3v) is 2.41. The molecule has 2 rings (SSSR count). The van der Waals surface area contributed by atoms with Gasteiger partial charge in [-0.15, -0.1) is 25.6 Å². The Morgan fingerprint density at radius 2 is 1.94 bits per heavy atom. The van der Waals surface area contributed by atoms with Crippen molar-refractivity contribution in [3.05, 3.63) is 29.6 Å². The fourth-order valence-electron chi connectivity index (χ4n) is 1.51. The maximum atomic E-state index is 13.2. The first-order valence-corrected chi connectivity index (χ1v) is 4.74. The van der Waals surface area contributed by atoms with E-state index in [0.29, 0.717) is 5.56 Å². The van der Waals surface area contributed by atoms with Gasteiger partial charge in [0, 0.05) is 6.04 Å². The maximum absolute atomic E-state index is 13.2. The summed E-state index contributed by atoms with van der Waals surface area (Å²) >= 11 is 0. The summed E-state index contributed by atoms with van der Waals surface area (Å²) in [6, 6.07) is 3.53. The lowest BCUT2D eigenvalue weighted by atomic mass is 9.98. The van der Waals surface area contributed by atoms with Crippen LogP contribution >= 0.6 is 12.4 Å². The number of hydrogen-bond donors (Lipinski definition) is 1. The van der Waals surface area contributed by atoms with E-state index in [1.54, 1.807) is 0 Å². The SMILES string of the molecule is Cl.Fc1cc([C@H]2CCN2)ccc1OC(F)(F)F. The smallest absolute Gasteiger partial charge is 0.403 e. The molecule has 0 radical (unpaired) electrons. The highest BCUT2D eigenvalue weighted by atomic mass is 35.5. The third kappa shape index (κ3) is 3.47. The molecule has 0 spiro atoms. The number of ether oxygens (including phenoxy) is 1. The molecule has 0 bridgehead atoms. The van der Waals surface area contributed by atoms with Crippen molar-refractivity contribution in [2.24, 2.45) is 0 Å². The lowest BCUT2D eigenvalue weighted by molar-refractivity contribution is -0.275. The van der Waals surface area contributed by atoms with Gasteiger partial charge < -0.3 is 10.1 Å². The highest BCUT2D eigenvalue weighted by Gasteiger charge is 2.32. The number of alkyl halides is 3. The zero-order valence-electron chi connectivity index (χ0n) is 8.55. The van der Waals surface area contributed by atoms with Gasteiger partial charge in [0.25, 0.3) is 0 Å². The molecule has 1 aromatic carbocycles. The normalized spacial score (nSPS) is 19.2. The van der Waals surface area contributed by atoms with Crippen molar-refractivity contribution in [2.45, 2.75) is 18.8 Å².